The molecule has 22 heavy (non-hydrogen) atoms. The van der Waals surface area contributed by atoms with Gasteiger partial charge < -0.3 is 10.1 Å². The van der Waals surface area contributed by atoms with Gasteiger partial charge in [-0.05, 0) is 31.0 Å². The van der Waals surface area contributed by atoms with Crippen LogP contribution in [0.3, 0.4) is 0 Å². The molecule has 0 aliphatic rings. The summed E-state index contributed by atoms with van der Waals surface area (Å²) in [5.74, 6) is -1.08. The molecule has 114 valence electrons. The number of aromatic nitrogens is 2. The van der Waals surface area contributed by atoms with Gasteiger partial charge in [0.1, 0.15) is 0 Å². The molecule has 6 heteroatoms. The van der Waals surface area contributed by atoms with E-state index in [0.717, 1.165) is 12.0 Å². The van der Waals surface area contributed by atoms with Crippen LogP contribution in [-0.4, -0.2) is 28.5 Å². The highest BCUT2D eigenvalue weighted by Gasteiger charge is 2.12. The summed E-state index contributed by atoms with van der Waals surface area (Å²) in [6.07, 6.45) is 3.66. The van der Waals surface area contributed by atoms with Crippen molar-refractivity contribution in [1.29, 1.82) is 0 Å². The van der Waals surface area contributed by atoms with Gasteiger partial charge in [0.2, 0.25) is 0 Å². The molecule has 1 amide bonds. The van der Waals surface area contributed by atoms with E-state index >= 15 is 0 Å². The van der Waals surface area contributed by atoms with Crippen LogP contribution in [0.15, 0.2) is 36.7 Å². The lowest BCUT2D eigenvalue weighted by molar-refractivity contribution is -0.119. The molecule has 0 atom stereocenters. The summed E-state index contributed by atoms with van der Waals surface area (Å²) in [5.41, 5.74) is 2.57. The number of benzene rings is 1. The highest BCUT2D eigenvalue weighted by atomic mass is 16.5. The van der Waals surface area contributed by atoms with Crippen molar-refractivity contribution < 1.29 is 14.3 Å². The normalized spacial score (nSPS) is 10.1. The Morgan fingerprint density at radius 1 is 1.23 bits per heavy atom. The molecule has 0 unspecified atom stereocenters. The van der Waals surface area contributed by atoms with Crippen molar-refractivity contribution in [2.45, 2.75) is 20.3 Å². The van der Waals surface area contributed by atoms with Crippen LogP contribution in [0.1, 0.15) is 28.7 Å². The van der Waals surface area contributed by atoms with E-state index in [9.17, 15) is 9.59 Å². The first-order chi connectivity index (χ1) is 10.6. The predicted molar refractivity (Wildman–Crippen MR) is 81.5 cm³/mol. The molecule has 1 heterocycles. The lowest BCUT2D eigenvalue weighted by Crippen LogP contribution is -2.21. The summed E-state index contributed by atoms with van der Waals surface area (Å²) in [6.45, 7) is 3.43. The second-order valence-corrected chi connectivity index (χ2v) is 4.72. The second-order valence-electron chi connectivity index (χ2n) is 4.72. The summed E-state index contributed by atoms with van der Waals surface area (Å²) < 4.78 is 4.91. The molecular formula is C16H17N3O3. The fourth-order valence-corrected chi connectivity index (χ4v) is 1.77. The quantitative estimate of drug-likeness (QED) is 0.855. The molecular weight excluding hydrogens is 282 g/mol. The molecule has 0 spiro atoms. The number of rotatable bonds is 5. The summed E-state index contributed by atoms with van der Waals surface area (Å²) >= 11 is 0. The van der Waals surface area contributed by atoms with E-state index in [4.69, 9.17) is 4.74 Å². The predicted octanol–water partition coefficient (Wildman–Crippen LogP) is 2.14. The largest absolute Gasteiger partial charge is 0.451 e. The molecule has 6 nitrogen and oxygen atoms in total. The molecule has 1 aromatic heterocycles. The van der Waals surface area contributed by atoms with Gasteiger partial charge in [0.25, 0.3) is 5.91 Å². The third kappa shape index (κ3) is 4.37. The lowest BCUT2D eigenvalue weighted by atomic mass is 10.1. The molecule has 0 aliphatic heterocycles. The third-order valence-electron chi connectivity index (χ3n) is 2.94. The average Bonchev–Trinajstić information content (AvgIpc) is 2.53. The number of carbonyl (C=O) groups excluding carboxylic acids is 2. The zero-order valence-corrected chi connectivity index (χ0v) is 12.5. The summed E-state index contributed by atoms with van der Waals surface area (Å²) in [5, 5.41) is 2.68. The highest BCUT2D eigenvalue weighted by Crippen LogP contribution is 2.11. The maximum Gasteiger partial charge on any atom is 0.359 e. The standard InChI is InChI=1S/C16H17N3O3/c1-3-12-5-4-6-13(7-12)19-15(20)10-22-16(21)14-9-17-11(2)8-18-14/h4-9H,3,10H2,1-2H3,(H,19,20). The van der Waals surface area contributed by atoms with Crippen molar-refractivity contribution in [2.75, 3.05) is 11.9 Å². The number of hydrogen-bond donors (Lipinski definition) is 1. The van der Waals surface area contributed by atoms with Crippen molar-refractivity contribution in [3.05, 3.63) is 53.6 Å². The number of anilines is 1. The smallest absolute Gasteiger partial charge is 0.359 e. The Hall–Kier alpha value is -2.76. The van der Waals surface area contributed by atoms with Gasteiger partial charge in [-0.1, -0.05) is 19.1 Å². The number of aryl methyl sites for hydroxylation is 2. The molecule has 0 fully saturated rings. The number of hydrogen-bond acceptors (Lipinski definition) is 5. The molecule has 0 bridgehead atoms. The number of esters is 1. The molecule has 2 rings (SSSR count). The molecule has 0 saturated carbocycles. The molecule has 0 saturated heterocycles. The molecule has 0 aliphatic carbocycles. The van der Waals surface area contributed by atoms with Gasteiger partial charge in [-0.25, -0.2) is 9.78 Å². The summed E-state index contributed by atoms with van der Waals surface area (Å²) in [6, 6.07) is 7.50. The van der Waals surface area contributed by atoms with E-state index in [2.05, 4.69) is 15.3 Å². The van der Waals surface area contributed by atoms with Gasteiger partial charge in [0.05, 0.1) is 11.9 Å². The minimum Gasteiger partial charge on any atom is -0.451 e. The van der Waals surface area contributed by atoms with Crippen LogP contribution in [0.4, 0.5) is 5.69 Å². The van der Waals surface area contributed by atoms with Gasteiger partial charge in [-0.3, -0.25) is 9.78 Å². The van der Waals surface area contributed by atoms with E-state index in [0.29, 0.717) is 11.4 Å². The molecule has 0 radical (unpaired) electrons. The fourth-order valence-electron chi connectivity index (χ4n) is 1.77. The van der Waals surface area contributed by atoms with Crippen molar-refractivity contribution in [3.8, 4) is 0 Å². The van der Waals surface area contributed by atoms with Crippen molar-refractivity contribution >= 4 is 17.6 Å². The third-order valence-corrected chi connectivity index (χ3v) is 2.94. The Kier molecular flexibility index (Phi) is 5.19. The van der Waals surface area contributed by atoms with Crippen LogP contribution in [0.25, 0.3) is 0 Å². The van der Waals surface area contributed by atoms with Crippen LogP contribution in [0, 0.1) is 6.92 Å². The van der Waals surface area contributed by atoms with Crippen LogP contribution in [0.2, 0.25) is 0 Å². The molecule has 1 aromatic carbocycles. The van der Waals surface area contributed by atoms with Crippen LogP contribution in [0.5, 0.6) is 0 Å². The Labute approximate surface area is 128 Å². The van der Waals surface area contributed by atoms with E-state index in [1.807, 2.05) is 25.1 Å². The zero-order valence-electron chi connectivity index (χ0n) is 12.5. The van der Waals surface area contributed by atoms with E-state index in [1.54, 1.807) is 13.0 Å². The van der Waals surface area contributed by atoms with Gasteiger partial charge >= 0.3 is 5.97 Å². The van der Waals surface area contributed by atoms with Crippen molar-refractivity contribution in [2.24, 2.45) is 0 Å². The molecule has 1 N–H and O–H groups in total. The van der Waals surface area contributed by atoms with Crippen LogP contribution < -0.4 is 5.32 Å². The minimum absolute atomic E-state index is 0.0754. The fraction of sp³-hybridized carbons (Fsp3) is 0.250. The van der Waals surface area contributed by atoms with E-state index in [1.165, 1.54) is 12.4 Å². The van der Waals surface area contributed by atoms with Gasteiger partial charge in [-0.2, -0.15) is 0 Å². The topological polar surface area (TPSA) is 81.2 Å². The second kappa shape index (κ2) is 7.31. The number of carbonyl (C=O) groups is 2. The minimum atomic E-state index is -0.676. The lowest BCUT2D eigenvalue weighted by Gasteiger charge is -2.07. The maximum absolute atomic E-state index is 11.8. The van der Waals surface area contributed by atoms with Gasteiger partial charge in [0, 0.05) is 11.9 Å². The van der Waals surface area contributed by atoms with Crippen LogP contribution >= 0.6 is 0 Å². The first-order valence-corrected chi connectivity index (χ1v) is 6.93. The van der Waals surface area contributed by atoms with Gasteiger partial charge in [-0.15, -0.1) is 0 Å². The highest BCUT2D eigenvalue weighted by molar-refractivity contribution is 5.94. The Morgan fingerprint density at radius 3 is 2.73 bits per heavy atom. The number of amides is 1. The Balaban J connectivity index is 1.87. The van der Waals surface area contributed by atoms with E-state index in [-0.39, 0.29) is 12.3 Å². The van der Waals surface area contributed by atoms with E-state index < -0.39 is 11.9 Å². The number of ether oxygens (including phenoxy) is 1. The average molecular weight is 299 g/mol. The maximum atomic E-state index is 11.8. The molecule has 2 aromatic rings. The number of nitrogens with one attached hydrogen (secondary N) is 1. The Morgan fingerprint density at radius 2 is 2.05 bits per heavy atom. The first kappa shape index (κ1) is 15.6. The van der Waals surface area contributed by atoms with Crippen molar-refractivity contribution in [1.82, 2.24) is 9.97 Å². The van der Waals surface area contributed by atoms with Crippen molar-refractivity contribution in [3.63, 3.8) is 0 Å². The Bertz CT molecular complexity index is 669. The van der Waals surface area contributed by atoms with Crippen LogP contribution in [-0.2, 0) is 16.0 Å². The monoisotopic (exact) mass is 299 g/mol. The zero-order chi connectivity index (χ0) is 15.9. The first-order valence-electron chi connectivity index (χ1n) is 6.93. The summed E-state index contributed by atoms with van der Waals surface area (Å²) in [7, 11) is 0. The SMILES string of the molecule is CCc1cccc(NC(=O)COC(=O)c2cnc(C)cn2)c1. The number of nitrogens with zero attached hydrogens (tertiary/aromatic N) is 2. The summed E-state index contributed by atoms with van der Waals surface area (Å²) in [4.78, 5) is 31.3. The van der Waals surface area contributed by atoms with Gasteiger partial charge in [0.15, 0.2) is 12.3 Å².